The number of hydrogen-bond donors (Lipinski definition) is 1. The van der Waals surface area contributed by atoms with Gasteiger partial charge in [0, 0.05) is 48.5 Å². The van der Waals surface area contributed by atoms with E-state index in [0.29, 0.717) is 88.3 Å². The molecule has 0 bridgehead atoms. The number of fused-ring (bicyclic) bond motifs is 4. The molecule has 0 radical (unpaired) electrons. The summed E-state index contributed by atoms with van der Waals surface area (Å²) in [4.78, 5) is 70.0. The summed E-state index contributed by atoms with van der Waals surface area (Å²) in [7, 11) is -0.992. The van der Waals surface area contributed by atoms with Crippen molar-refractivity contribution >= 4 is 89.8 Å². The van der Waals surface area contributed by atoms with Crippen molar-refractivity contribution < 1.29 is 176 Å². The second-order valence-corrected chi connectivity index (χ2v) is 41.5. The van der Waals surface area contributed by atoms with Crippen LogP contribution in [0.2, 0.25) is 10.1 Å². The normalized spacial score (nSPS) is 18.2. The molecule has 0 amide bonds. The van der Waals surface area contributed by atoms with E-state index < -0.39 is 63.4 Å². The van der Waals surface area contributed by atoms with E-state index >= 15 is 0 Å². The van der Waals surface area contributed by atoms with Gasteiger partial charge in [-0.3, -0.25) is 14.4 Å². The molecule has 1 N–H and O–H groups in total. The number of carbonyl (C=O) groups is 5. The fraction of sp³-hybridized carbons (Fsp3) is 0.489. The minimum absolute atomic E-state index is 0. The van der Waals surface area contributed by atoms with Crippen molar-refractivity contribution in [3.05, 3.63) is 192 Å². The van der Waals surface area contributed by atoms with E-state index in [2.05, 4.69) is 162 Å². The predicted molar refractivity (Wildman–Crippen MR) is 434 cm³/mol. The summed E-state index contributed by atoms with van der Waals surface area (Å²) in [6.45, 7) is 33.3. The molecule has 0 saturated carbocycles. The quantitative estimate of drug-likeness (QED) is 0.0127. The van der Waals surface area contributed by atoms with Gasteiger partial charge in [-0.1, -0.05) is 234 Å². The number of hydrogen-bond acceptors (Lipinski definition) is 16. The van der Waals surface area contributed by atoms with Crippen molar-refractivity contribution in [2.75, 3.05) is 54.2 Å². The zero-order chi connectivity index (χ0) is 78.3. The Bertz CT molecular complexity index is 4170. The molecular weight excluding hydrogens is 1470 g/mol. The van der Waals surface area contributed by atoms with Gasteiger partial charge in [0.05, 0.1) is 54.9 Å². The topological polar surface area (TPSA) is 219 Å². The summed E-state index contributed by atoms with van der Waals surface area (Å²) < 4.78 is 47.5. The van der Waals surface area contributed by atoms with Crippen LogP contribution in [0, 0.1) is 11.8 Å². The summed E-state index contributed by atoms with van der Waals surface area (Å²) in [6, 6.07) is 57.9. The summed E-state index contributed by atoms with van der Waals surface area (Å²) in [6.07, 6.45) is 4.34. The Morgan fingerprint density at radius 2 is 1.08 bits per heavy atom. The molecule has 2 aliphatic heterocycles. The van der Waals surface area contributed by atoms with Crippen LogP contribution >= 0.6 is 0 Å². The number of para-hydroxylation sites is 2. The molecule has 10 rings (SSSR count). The van der Waals surface area contributed by atoms with Gasteiger partial charge in [0.15, 0.2) is 0 Å². The van der Waals surface area contributed by atoms with Crippen molar-refractivity contribution in [2.24, 2.45) is 11.8 Å². The average molecular weight is 1600 g/mol. The molecule has 6 atom stereocenters. The molecule has 1 fully saturated rings. The molecule has 18 nitrogen and oxygen atoms in total. The van der Waals surface area contributed by atoms with Gasteiger partial charge >= 0.3 is 127 Å². The molecule has 22 heteroatoms. The Kier molecular flexibility index (Phi) is 36.3. The van der Waals surface area contributed by atoms with Crippen LogP contribution in [0.25, 0.3) is 21.8 Å². The third-order valence-electron chi connectivity index (χ3n) is 20.9. The summed E-state index contributed by atoms with van der Waals surface area (Å²) in [5.41, 5.74) is 1.78. The van der Waals surface area contributed by atoms with E-state index in [9.17, 15) is 24.3 Å². The van der Waals surface area contributed by atoms with Crippen LogP contribution in [0.4, 0.5) is 9.59 Å². The van der Waals surface area contributed by atoms with Crippen molar-refractivity contribution in [1.29, 1.82) is 0 Å². The number of carbonyl (C=O) groups excluding carboxylic acids is 5. The Morgan fingerprint density at radius 1 is 0.645 bits per heavy atom. The molecule has 8 aromatic rings. The van der Waals surface area contributed by atoms with Crippen molar-refractivity contribution in [3.63, 3.8) is 0 Å². The van der Waals surface area contributed by atoms with Crippen LogP contribution in [-0.2, 0) is 64.6 Å². The number of aliphatic hydroxyl groups is 1. The first-order valence-electron chi connectivity index (χ1n) is 37.8. The molecule has 0 spiro atoms. The van der Waals surface area contributed by atoms with Gasteiger partial charge in [0.2, 0.25) is 0 Å². The number of methoxy groups -OCH3 is 2. The number of nitrogens with zero attached hydrogens (tertiary/aromatic N) is 3. The van der Waals surface area contributed by atoms with Crippen LogP contribution in [-0.4, -0.2) is 143 Å². The van der Waals surface area contributed by atoms with Gasteiger partial charge < -0.3 is 54.1 Å². The second-order valence-electron chi connectivity index (χ2n) is 32.9. The molecule has 2 unspecified atom stereocenters. The van der Waals surface area contributed by atoms with Crippen LogP contribution in [0.1, 0.15) is 192 Å². The maximum atomic E-state index is 14.2. The number of epoxide rings is 1. The van der Waals surface area contributed by atoms with E-state index in [-0.39, 0.29) is 152 Å². The Balaban J connectivity index is 0.000000432. The van der Waals surface area contributed by atoms with Crippen molar-refractivity contribution in [2.45, 2.75) is 213 Å². The van der Waals surface area contributed by atoms with Gasteiger partial charge in [-0.15, -0.1) is 0 Å². The van der Waals surface area contributed by atoms with Crippen LogP contribution in [0.15, 0.2) is 170 Å². The maximum Gasteiger partial charge on any atom is 1.00 e. The first kappa shape index (κ1) is 95.8. The van der Waals surface area contributed by atoms with Crippen molar-refractivity contribution in [3.8, 4) is 0 Å². The smallest absolute Gasteiger partial charge is 1.00 e. The first-order chi connectivity index (χ1) is 50.6. The minimum atomic E-state index is -2.96. The summed E-state index contributed by atoms with van der Waals surface area (Å²) in [5, 5.41) is 26.8. The standard InChI is InChI=1S/C43H58N2O6Si.C43H57NO6Si.CH2O3.CH4.2K.H/c1-10-43(48)28-31(29-50-52(42(5,6)7,32-19-13-11-14-20-32)33-21-15-12-16-22-33)27-36(39(46)49-9)38-35(25-26-44(8)30-43)34-23-17-18-24-37(34)45(38)40(47)51-41(2,3)4;1-10-20-35-34-25-18-19-26-37(34)44(40(46)50-41(3,4)5)38(35)36(39(45)47-9)27-31(28-43(11-2)30-48-43)29-49-51(42(6,7)8,32-21-14-12-15-22-32)33-23-16-13-17-24-33;2-1-4-3;;;;/h11-24,31,36,48H,10,25-30H2,1-9H3;12-19,21-26,31,36H,10-11,20,27-30H2,1-9H3;1,3H;1H4;;;/q;;;;2*+1;-1/p-1/t2*31-,36?,43+;;;;;/m11...../s1. The zero-order valence-electron chi connectivity index (χ0n) is 69.5. The van der Waals surface area contributed by atoms with Gasteiger partial charge in [0.25, 0.3) is 23.1 Å². The minimum Gasteiger partial charge on any atom is -1.00 e. The predicted octanol–water partition coefficient (Wildman–Crippen LogP) is 9.26. The zero-order valence-corrected chi connectivity index (χ0v) is 76.7. The van der Waals surface area contributed by atoms with E-state index in [0.717, 1.165) is 57.1 Å². The Morgan fingerprint density at radius 3 is 1.49 bits per heavy atom. The summed E-state index contributed by atoms with van der Waals surface area (Å²) in [5.74, 6) is -2.73. The van der Waals surface area contributed by atoms with Gasteiger partial charge in [-0.25, -0.2) is 18.7 Å². The van der Waals surface area contributed by atoms with Gasteiger partial charge in [-0.05, 0) is 166 Å². The number of ether oxygens (including phenoxy) is 5. The van der Waals surface area contributed by atoms with E-state index in [1.807, 2.05) is 128 Å². The number of benzene rings is 6. The third kappa shape index (κ3) is 23.1. The van der Waals surface area contributed by atoms with Crippen LogP contribution < -0.4 is 129 Å². The largest absolute Gasteiger partial charge is 1.00 e. The molecular formula is C88H121K2N3O15Si2. The second kappa shape index (κ2) is 41.7. The Labute approximate surface area is 743 Å². The molecule has 4 heterocycles. The Hall–Kier alpha value is -4.78. The average Bonchev–Trinajstić information content (AvgIpc) is 1.63. The molecule has 1 saturated heterocycles. The monoisotopic (exact) mass is 1590 g/mol. The fourth-order valence-electron chi connectivity index (χ4n) is 16.0. The van der Waals surface area contributed by atoms with Gasteiger partial charge in [-0.2, -0.15) is 0 Å². The van der Waals surface area contributed by atoms with E-state index in [1.165, 1.54) is 24.6 Å². The number of β-amino-alcohol motifs (C(OH)–C–C–N with tert-alkyl or cyclic N) is 1. The molecule has 588 valence electrons. The molecule has 2 aromatic heterocycles. The number of aryl methyl sites for hydroxylation is 1. The van der Waals surface area contributed by atoms with Crippen LogP contribution in [0.5, 0.6) is 0 Å². The van der Waals surface area contributed by atoms with Crippen molar-refractivity contribution in [1.82, 2.24) is 14.0 Å². The molecule has 6 aromatic carbocycles. The SMILES string of the molecule is C.CCCc1c(C(C[C@@H](CO[Si](c2ccccc2)(c2ccccc2)C(C)(C)C)C[C@@]2(CC)CO2)C(=O)OC)n(C(=O)OC(C)(C)C)c2ccccc12.CC[C@]1(O)C[C@H](CO[Si](c2ccccc2)(c2ccccc2)C(C)(C)C)CC(C(=O)OC)c2c(c3ccccc3n2C(=O)OC(C)(C)C)CCN(C)C1.O=CO[O-].[H-].[K+].[K+]. The van der Waals surface area contributed by atoms with E-state index in [4.69, 9.17) is 42.6 Å². The number of rotatable bonds is 22. The first-order valence-corrected chi connectivity index (χ1v) is 41.6. The number of aromatic nitrogens is 2. The fourth-order valence-corrected chi connectivity index (χ4v) is 25.3. The number of esters is 2. The molecule has 0 aliphatic carbocycles. The van der Waals surface area contributed by atoms with Gasteiger partial charge in [0.1, 0.15) is 11.2 Å². The van der Waals surface area contributed by atoms with E-state index in [1.54, 1.807) is 9.13 Å². The number of likely N-dealkylation sites (N-methyl/N-ethyl adjacent to an activating group) is 1. The molecule has 2 aliphatic rings. The summed E-state index contributed by atoms with van der Waals surface area (Å²) >= 11 is 0. The van der Waals surface area contributed by atoms with Crippen LogP contribution in [0.3, 0.4) is 0 Å². The maximum absolute atomic E-state index is 14.2. The molecule has 110 heavy (non-hydrogen) atoms. The third-order valence-corrected chi connectivity index (χ3v) is 30.9.